The van der Waals surface area contributed by atoms with Crippen LogP contribution in [-0.2, 0) is 0 Å². The van der Waals surface area contributed by atoms with Gasteiger partial charge in [-0.15, -0.1) is 11.3 Å². The highest BCUT2D eigenvalue weighted by molar-refractivity contribution is 7.07. The Hall–Kier alpha value is -2.53. The van der Waals surface area contributed by atoms with Crippen molar-refractivity contribution in [2.24, 2.45) is 10.1 Å². The zero-order valence-corrected chi connectivity index (χ0v) is 15.1. The molecule has 0 N–H and O–H groups in total. The van der Waals surface area contributed by atoms with Crippen molar-refractivity contribution in [3.63, 3.8) is 0 Å². The van der Waals surface area contributed by atoms with Crippen LogP contribution in [0.1, 0.15) is 25.3 Å². The first-order valence-corrected chi connectivity index (χ1v) is 9.14. The normalized spacial score (nSPS) is 13.5. The first-order chi connectivity index (χ1) is 12.2. The van der Waals surface area contributed by atoms with Crippen LogP contribution in [0.25, 0.3) is 11.3 Å². The van der Waals surface area contributed by atoms with Gasteiger partial charge in [0, 0.05) is 29.6 Å². The molecule has 0 aliphatic heterocycles. The number of hydrogen-bond acceptors (Lipinski definition) is 3. The van der Waals surface area contributed by atoms with E-state index in [1.165, 1.54) is 23.0 Å². The predicted molar refractivity (Wildman–Crippen MR) is 103 cm³/mol. The molecule has 0 radical (unpaired) electrons. The molecule has 3 rings (SSSR count). The van der Waals surface area contributed by atoms with Gasteiger partial charge >= 0.3 is 0 Å². The van der Waals surface area contributed by atoms with Crippen LogP contribution in [0.4, 0.5) is 4.39 Å². The quantitative estimate of drug-likeness (QED) is 0.583. The molecule has 0 saturated heterocycles. The largest absolute Gasteiger partial charge is 0.258 e. The van der Waals surface area contributed by atoms with Gasteiger partial charge in [0.1, 0.15) is 5.82 Å². The molecule has 0 bridgehead atoms. The van der Waals surface area contributed by atoms with E-state index in [1.807, 2.05) is 42.8 Å². The van der Waals surface area contributed by atoms with E-state index in [4.69, 9.17) is 0 Å². The van der Waals surface area contributed by atoms with Crippen LogP contribution in [0.2, 0.25) is 0 Å². The minimum atomic E-state index is -0.261. The van der Waals surface area contributed by atoms with Crippen molar-refractivity contribution >= 4 is 17.6 Å². The molecule has 0 fully saturated rings. The number of nitrogens with zero attached hydrogens (tertiary/aromatic N) is 3. The number of benzene rings is 2. The van der Waals surface area contributed by atoms with Gasteiger partial charge < -0.3 is 0 Å². The van der Waals surface area contributed by atoms with Gasteiger partial charge in [-0.05, 0) is 24.6 Å². The van der Waals surface area contributed by atoms with Crippen molar-refractivity contribution in [3.8, 4) is 11.3 Å². The number of hydrogen-bond donors (Lipinski definition) is 0. The zero-order chi connectivity index (χ0) is 17.6. The Morgan fingerprint density at radius 2 is 1.84 bits per heavy atom. The van der Waals surface area contributed by atoms with E-state index >= 15 is 0 Å². The van der Waals surface area contributed by atoms with Crippen LogP contribution >= 0.6 is 11.3 Å². The minimum Gasteiger partial charge on any atom is -0.258 e. The summed E-state index contributed by atoms with van der Waals surface area (Å²) >= 11 is 1.47. The molecule has 0 spiro atoms. The Morgan fingerprint density at radius 3 is 2.56 bits per heavy atom. The van der Waals surface area contributed by atoms with Gasteiger partial charge in [-0.2, -0.15) is 5.10 Å². The molecule has 1 heterocycles. The summed E-state index contributed by atoms with van der Waals surface area (Å²) in [6.45, 7) is 4.72. The van der Waals surface area contributed by atoms with Crippen molar-refractivity contribution in [1.82, 2.24) is 4.68 Å². The van der Waals surface area contributed by atoms with E-state index in [1.54, 1.807) is 16.8 Å². The lowest BCUT2D eigenvalue weighted by atomic mass is 10.0. The second-order valence-corrected chi connectivity index (χ2v) is 6.47. The van der Waals surface area contributed by atoms with Crippen LogP contribution in [0.5, 0.6) is 0 Å². The molecule has 25 heavy (non-hydrogen) atoms. The third kappa shape index (κ3) is 3.94. The molecular formula is C20H20FN3S. The number of thiazole rings is 1. The molecule has 5 heteroatoms. The van der Waals surface area contributed by atoms with Gasteiger partial charge in [-0.3, -0.25) is 4.99 Å². The van der Waals surface area contributed by atoms with Crippen LogP contribution < -0.4 is 4.80 Å². The van der Waals surface area contributed by atoms with Gasteiger partial charge in [0.15, 0.2) is 0 Å². The summed E-state index contributed by atoms with van der Waals surface area (Å²) < 4.78 is 16.0. The Bertz CT molecular complexity index is 925. The standard InChI is InChI=1S/C20H20FN3S/c1-3-22-20-24(23-13-15(2)16-9-5-4-6-10-16)19(14-25-20)17-11-7-8-12-18(17)21/h4-15H,3H2,1-2H3. The van der Waals surface area contributed by atoms with E-state index in [9.17, 15) is 4.39 Å². The van der Waals surface area contributed by atoms with Gasteiger partial charge in [0.25, 0.3) is 0 Å². The maximum atomic E-state index is 14.2. The first kappa shape index (κ1) is 17.3. The van der Waals surface area contributed by atoms with Crippen molar-refractivity contribution in [2.45, 2.75) is 19.8 Å². The molecule has 1 atom stereocenters. The Balaban J connectivity index is 2.03. The topological polar surface area (TPSA) is 29.6 Å². The summed E-state index contributed by atoms with van der Waals surface area (Å²) in [6.07, 6.45) is 1.88. The van der Waals surface area contributed by atoms with Crippen molar-refractivity contribution < 1.29 is 4.39 Å². The molecule has 2 aromatic carbocycles. The fraction of sp³-hybridized carbons (Fsp3) is 0.200. The predicted octanol–water partition coefficient (Wildman–Crippen LogP) is 4.91. The highest BCUT2D eigenvalue weighted by atomic mass is 32.1. The second kappa shape index (κ2) is 8.03. The highest BCUT2D eigenvalue weighted by Crippen LogP contribution is 2.23. The molecule has 0 amide bonds. The zero-order valence-electron chi connectivity index (χ0n) is 14.3. The number of rotatable bonds is 5. The lowest BCUT2D eigenvalue weighted by molar-refractivity contribution is 0.629. The maximum Gasteiger partial charge on any atom is 0.206 e. The van der Waals surface area contributed by atoms with E-state index in [0.29, 0.717) is 17.8 Å². The molecule has 3 aromatic rings. The third-order valence-corrected chi connectivity index (χ3v) is 4.71. The molecule has 3 nitrogen and oxygen atoms in total. The molecule has 1 aromatic heterocycles. The fourth-order valence-electron chi connectivity index (χ4n) is 2.52. The average Bonchev–Trinajstić information content (AvgIpc) is 3.03. The molecule has 0 aliphatic rings. The van der Waals surface area contributed by atoms with Crippen molar-refractivity contribution in [3.05, 3.63) is 76.2 Å². The number of aromatic nitrogens is 1. The van der Waals surface area contributed by atoms with Crippen molar-refractivity contribution in [2.75, 3.05) is 6.54 Å². The maximum absolute atomic E-state index is 14.2. The fourth-order valence-corrected chi connectivity index (χ4v) is 3.41. The van der Waals surface area contributed by atoms with Gasteiger partial charge in [-0.25, -0.2) is 9.07 Å². The smallest absolute Gasteiger partial charge is 0.206 e. The summed E-state index contributed by atoms with van der Waals surface area (Å²) in [5.74, 6) is -0.111. The average molecular weight is 353 g/mol. The Morgan fingerprint density at radius 1 is 1.12 bits per heavy atom. The summed E-state index contributed by atoms with van der Waals surface area (Å²) in [4.78, 5) is 5.24. The van der Waals surface area contributed by atoms with E-state index in [-0.39, 0.29) is 11.7 Å². The van der Waals surface area contributed by atoms with Gasteiger partial charge in [0.05, 0.1) is 5.69 Å². The lowest BCUT2D eigenvalue weighted by Crippen LogP contribution is -2.13. The van der Waals surface area contributed by atoms with E-state index in [0.717, 1.165) is 4.80 Å². The van der Waals surface area contributed by atoms with Gasteiger partial charge in [-0.1, -0.05) is 49.4 Å². The Kier molecular flexibility index (Phi) is 5.56. The van der Waals surface area contributed by atoms with E-state index in [2.05, 4.69) is 29.2 Å². The van der Waals surface area contributed by atoms with Crippen LogP contribution in [0.15, 0.2) is 70.1 Å². The Labute approximate surface area is 150 Å². The second-order valence-electron chi connectivity index (χ2n) is 5.63. The molecule has 1 unspecified atom stereocenters. The number of halogens is 1. The van der Waals surface area contributed by atoms with Crippen LogP contribution in [-0.4, -0.2) is 17.4 Å². The summed E-state index contributed by atoms with van der Waals surface area (Å²) in [7, 11) is 0. The SMILES string of the molecule is CCN=c1scc(-c2ccccc2F)n1N=CC(C)c1ccccc1. The van der Waals surface area contributed by atoms with Gasteiger partial charge in [0.2, 0.25) is 4.80 Å². The molecule has 128 valence electrons. The van der Waals surface area contributed by atoms with E-state index < -0.39 is 0 Å². The third-order valence-electron chi connectivity index (χ3n) is 3.86. The molecule has 0 saturated carbocycles. The molecular weight excluding hydrogens is 333 g/mol. The van der Waals surface area contributed by atoms with Crippen LogP contribution in [0, 0.1) is 5.82 Å². The highest BCUT2D eigenvalue weighted by Gasteiger charge is 2.11. The first-order valence-electron chi connectivity index (χ1n) is 8.26. The van der Waals surface area contributed by atoms with Crippen molar-refractivity contribution in [1.29, 1.82) is 0 Å². The summed E-state index contributed by atoms with van der Waals surface area (Å²) in [5, 5.41) is 6.52. The van der Waals surface area contributed by atoms with Crippen LogP contribution in [0.3, 0.4) is 0 Å². The monoisotopic (exact) mass is 353 g/mol. The lowest BCUT2D eigenvalue weighted by Gasteiger charge is -2.07. The molecule has 0 aliphatic carbocycles. The summed E-state index contributed by atoms with van der Waals surface area (Å²) in [5.41, 5.74) is 2.43. The summed E-state index contributed by atoms with van der Waals surface area (Å²) in [6, 6.07) is 16.9. The minimum absolute atomic E-state index is 0.150.